The topological polar surface area (TPSA) is 38.3 Å². The first kappa shape index (κ1) is 16.0. The molecular formula is C16H15Br2NO2. The molecule has 110 valence electrons. The van der Waals surface area contributed by atoms with Gasteiger partial charge in [-0.3, -0.25) is 4.79 Å². The number of hydrogen-bond donors (Lipinski definition) is 1. The van der Waals surface area contributed by atoms with Crippen LogP contribution in [0, 0.1) is 13.8 Å². The van der Waals surface area contributed by atoms with Gasteiger partial charge in [0.25, 0.3) is 5.91 Å². The zero-order valence-corrected chi connectivity index (χ0v) is 14.9. The van der Waals surface area contributed by atoms with E-state index in [1.807, 2.05) is 44.2 Å². The predicted octanol–water partition coefficient (Wildman–Crippen LogP) is 4.85. The Hall–Kier alpha value is -1.33. The average Bonchev–Trinajstić information content (AvgIpc) is 2.42. The molecule has 0 aromatic heterocycles. The lowest BCUT2D eigenvalue weighted by Gasteiger charge is -2.10. The number of hydrogen-bond acceptors (Lipinski definition) is 2. The highest BCUT2D eigenvalue weighted by atomic mass is 79.9. The van der Waals surface area contributed by atoms with Crippen molar-refractivity contribution in [3.8, 4) is 5.75 Å². The summed E-state index contributed by atoms with van der Waals surface area (Å²) in [5.74, 6) is 0.446. The van der Waals surface area contributed by atoms with Crippen LogP contribution in [0.3, 0.4) is 0 Å². The normalized spacial score (nSPS) is 10.3. The molecule has 0 aliphatic rings. The van der Waals surface area contributed by atoms with Crippen LogP contribution >= 0.6 is 31.9 Å². The maximum Gasteiger partial charge on any atom is 0.262 e. The number of carbonyl (C=O) groups excluding carboxylic acids is 1. The summed E-state index contributed by atoms with van der Waals surface area (Å²) in [6, 6.07) is 11.4. The number of carbonyl (C=O) groups is 1. The Morgan fingerprint density at radius 1 is 1.10 bits per heavy atom. The molecule has 1 amide bonds. The second kappa shape index (κ2) is 7.09. The first-order chi connectivity index (χ1) is 9.95. The van der Waals surface area contributed by atoms with E-state index in [0.717, 1.165) is 20.2 Å². The quantitative estimate of drug-likeness (QED) is 0.779. The lowest BCUT2D eigenvalue weighted by molar-refractivity contribution is -0.118. The van der Waals surface area contributed by atoms with Gasteiger partial charge >= 0.3 is 0 Å². The number of ether oxygens (including phenoxy) is 1. The number of benzene rings is 2. The van der Waals surface area contributed by atoms with Crippen molar-refractivity contribution in [1.29, 1.82) is 0 Å². The average molecular weight is 413 g/mol. The van der Waals surface area contributed by atoms with Crippen LogP contribution in [0.25, 0.3) is 0 Å². The number of aryl methyl sites for hydroxylation is 2. The first-order valence-corrected chi connectivity index (χ1v) is 7.99. The van der Waals surface area contributed by atoms with Gasteiger partial charge in [-0.05, 0) is 71.2 Å². The van der Waals surface area contributed by atoms with Gasteiger partial charge in [-0.25, -0.2) is 0 Å². The van der Waals surface area contributed by atoms with E-state index in [1.54, 1.807) is 6.07 Å². The third kappa shape index (κ3) is 4.58. The standard InChI is InChI=1S/C16H15Br2NO2/c1-10-3-5-13(7-11(10)2)19-16(20)9-21-15-6-4-12(17)8-14(15)18/h3-8H,9H2,1-2H3,(H,19,20). The van der Waals surface area contributed by atoms with Crippen molar-refractivity contribution in [2.45, 2.75) is 13.8 Å². The molecule has 0 radical (unpaired) electrons. The van der Waals surface area contributed by atoms with Crippen LogP contribution in [-0.4, -0.2) is 12.5 Å². The van der Waals surface area contributed by atoms with Crippen molar-refractivity contribution < 1.29 is 9.53 Å². The Bertz CT molecular complexity index is 671. The van der Waals surface area contributed by atoms with Gasteiger partial charge in [0.05, 0.1) is 4.47 Å². The van der Waals surface area contributed by atoms with E-state index in [-0.39, 0.29) is 12.5 Å². The summed E-state index contributed by atoms with van der Waals surface area (Å²) in [6.45, 7) is 4.02. The number of rotatable bonds is 4. The Balaban J connectivity index is 1.94. The van der Waals surface area contributed by atoms with E-state index < -0.39 is 0 Å². The molecule has 2 aromatic carbocycles. The molecule has 0 aliphatic carbocycles. The highest BCUT2D eigenvalue weighted by Gasteiger charge is 2.07. The van der Waals surface area contributed by atoms with Crippen LogP contribution in [0.2, 0.25) is 0 Å². The molecule has 1 N–H and O–H groups in total. The van der Waals surface area contributed by atoms with Crippen LogP contribution < -0.4 is 10.1 Å². The van der Waals surface area contributed by atoms with Gasteiger partial charge in [-0.15, -0.1) is 0 Å². The zero-order valence-electron chi connectivity index (χ0n) is 11.7. The Morgan fingerprint density at radius 3 is 2.52 bits per heavy atom. The molecule has 0 spiro atoms. The van der Waals surface area contributed by atoms with Crippen LogP contribution in [-0.2, 0) is 4.79 Å². The second-order valence-corrected chi connectivity index (χ2v) is 6.48. The number of amides is 1. The number of halogens is 2. The van der Waals surface area contributed by atoms with Crippen LogP contribution in [0.15, 0.2) is 45.3 Å². The Labute approximate surface area is 141 Å². The Morgan fingerprint density at radius 2 is 1.86 bits per heavy atom. The van der Waals surface area contributed by atoms with Gasteiger partial charge in [0, 0.05) is 10.2 Å². The van der Waals surface area contributed by atoms with Crippen LogP contribution in [0.5, 0.6) is 5.75 Å². The Kier molecular flexibility index (Phi) is 5.42. The molecule has 0 saturated carbocycles. The van der Waals surface area contributed by atoms with Crippen molar-refractivity contribution in [1.82, 2.24) is 0 Å². The highest BCUT2D eigenvalue weighted by molar-refractivity contribution is 9.11. The maximum absolute atomic E-state index is 11.9. The minimum absolute atomic E-state index is 0.0346. The fourth-order valence-corrected chi connectivity index (χ4v) is 2.91. The molecule has 0 aliphatic heterocycles. The van der Waals surface area contributed by atoms with Crippen molar-refractivity contribution in [2.75, 3.05) is 11.9 Å². The van der Waals surface area contributed by atoms with Crippen molar-refractivity contribution in [2.24, 2.45) is 0 Å². The fourth-order valence-electron chi connectivity index (χ4n) is 1.75. The summed E-state index contributed by atoms with van der Waals surface area (Å²) in [7, 11) is 0. The summed E-state index contributed by atoms with van der Waals surface area (Å²) >= 11 is 6.76. The molecule has 3 nitrogen and oxygen atoms in total. The predicted molar refractivity (Wildman–Crippen MR) is 91.9 cm³/mol. The van der Waals surface area contributed by atoms with Gasteiger partial charge in [-0.1, -0.05) is 22.0 Å². The molecule has 2 aromatic rings. The van der Waals surface area contributed by atoms with Gasteiger partial charge in [-0.2, -0.15) is 0 Å². The van der Waals surface area contributed by atoms with E-state index in [4.69, 9.17) is 4.74 Å². The zero-order chi connectivity index (χ0) is 15.4. The number of anilines is 1. The third-order valence-corrected chi connectivity index (χ3v) is 4.16. The van der Waals surface area contributed by atoms with E-state index in [0.29, 0.717) is 5.75 Å². The molecule has 21 heavy (non-hydrogen) atoms. The van der Waals surface area contributed by atoms with Gasteiger partial charge in [0.2, 0.25) is 0 Å². The first-order valence-electron chi connectivity index (χ1n) is 6.40. The molecule has 0 fully saturated rings. The van der Waals surface area contributed by atoms with Gasteiger partial charge in [0.15, 0.2) is 6.61 Å². The smallest absolute Gasteiger partial charge is 0.262 e. The molecule has 5 heteroatoms. The van der Waals surface area contributed by atoms with Crippen LogP contribution in [0.4, 0.5) is 5.69 Å². The van der Waals surface area contributed by atoms with Crippen molar-refractivity contribution in [3.05, 3.63) is 56.5 Å². The lowest BCUT2D eigenvalue weighted by atomic mass is 10.1. The molecule has 2 rings (SSSR count). The van der Waals surface area contributed by atoms with Crippen molar-refractivity contribution in [3.63, 3.8) is 0 Å². The van der Waals surface area contributed by atoms with E-state index in [2.05, 4.69) is 37.2 Å². The summed E-state index contributed by atoms with van der Waals surface area (Å²) in [5, 5.41) is 2.82. The monoisotopic (exact) mass is 411 g/mol. The summed E-state index contributed by atoms with van der Waals surface area (Å²) < 4.78 is 7.25. The van der Waals surface area contributed by atoms with Crippen LogP contribution in [0.1, 0.15) is 11.1 Å². The van der Waals surface area contributed by atoms with Crippen molar-refractivity contribution >= 4 is 43.5 Å². The molecule has 0 bridgehead atoms. The molecule has 0 unspecified atom stereocenters. The summed E-state index contributed by atoms with van der Waals surface area (Å²) in [6.07, 6.45) is 0. The molecular weight excluding hydrogens is 398 g/mol. The second-order valence-electron chi connectivity index (χ2n) is 4.71. The molecule has 0 heterocycles. The van der Waals surface area contributed by atoms with Gasteiger partial charge in [0.1, 0.15) is 5.75 Å². The highest BCUT2D eigenvalue weighted by Crippen LogP contribution is 2.28. The summed E-state index contributed by atoms with van der Waals surface area (Å²) in [4.78, 5) is 11.9. The minimum atomic E-state index is -0.187. The largest absolute Gasteiger partial charge is 0.483 e. The maximum atomic E-state index is 11.9. The minimum Gasteiger partial charge on any atom is -0.483 e. The van der Waals surface area contributed by atoms with Gasteiger partial charge < -0.3 is 10.1 Å². The van der Waals surface area contributed by atoms with E-state index in [1.165, 1.54) is 5.56 Å². The third-order valence-electron chi connectivity index (χ3n) is 3.04. The van der Waals surface area contributed by atoms with E-state index >= 15 is 0 Å². The summed E-state index contributed by atoms with van der Waals surface area (Å²) in [5.41, 5.74) is 3.12. The fraction of sp³-hybridized carbons (Fsp3) is 0.188. The molecule has 0 saturated heterocycles. The van der Waals surface area contributed by atoms with E-state index in [9.17, 15) is 4.79 Å². The lowest BCUT2D eigenvalue weighted by Crippen LogP contribution is -2.20. The SMILES string of the molecule is Cc1ccc(NC(=O)COc2ccc(Br)cc2Br)cc1C. The number of nitrogens with one attached hydrogen (secondary N) is 1. The molecule has 0 atom stereocenters.